The fourth-order valence-electron chi connectivity index (χ4n) is 1.09. The summed E-state index contributed by atoms with van der Waals surface area (Å²) in [6.07, 6.45) is 0. The van der Waals surface area contributed by atoms with Gasteiger partial charge in [0.1, 0.15) is 0 Å². The molecule has 0 radical (unpaired) electrons. The van der Waals surface area contributed by atoms with E-state index in [2.05, 4.69) is 0 Å². The Bertz CT molecular complexity index is 251. The molecule has 0 aliphatic heterocycles. The molecule has 0 aromatic carbocycles. The van der Waals surface area contributed by atoms with E-state index in [1.807, 2.05) is 34.6 Å². The molecule has 0 fully saturated rings. The van der Waals surface area contributed by atoms with Crippen molar-refractivity contribution in [2.45, 2.75) is 48.5 Å². The van der Waals surface area contributed by atoms with Crippen molar-refractivity contribution in [3.8, 4) is 0 Å². The maximum Gasteiger partial charge on any atom is 0.161 e. The van der Waals surface area contributed by atoms with Crippen LogP contribution in [0.3, 0.4) is 0 Å². The summed E-state index contributed by atoms with van der Waals surface area (Å²) in [6, 6.07) is 0. The number of Topliss-reactive ketones (excluding diaryl/α,β-unsaturated/α-hetero) is 1. The molecule has 0 rings (SSSR count). The first kappa shape index (κ1) is 15.4. The van der Waals surface area contributed by atoms with E-state index in [1.54, 1.807) is 6.92 Å². The molecule has 0 aliphatic carbocycles. The molecule has 82 valence electrons. The number of rotatable bonds is 2. The van der Waals surface area contributed by atoms with Gasteiger partial charge in [0.05, 0.1) is 0 Å². The highest BCUT2D eigenvalue weighted by Gasteiger charge is 2.09. The predicted molar refractivity (Wildman–Crippen MR) is 63.0 cm³/mol. The fourth-order valence-corrected chi connectivity index (χ4v) is 1.09. The van der Waals surface area contributed by atoms with Gasteiger partial charge in [-0.1, -0.05) is 19.4 Å². The largest absolute Gasteiger partial charge is 0.402 e. The van der Waals surface area contributed by atoms with E-state index in [9.17, 15) is 4.79 Å². The number of ketones is 1. The highest BCUT2D eigenvalue weighted by atomic mass is 16.1. The highest BCUT2D eigenvalue weighted by Crippen LogP contribution is 2.16. The van der Waals surface area contributed by atoms with Crippen LogP contribution in [0, 0.1) is 0 Å². The van der Waals surface area contributed by atoms with Gasteiger partial charge in [-0.3, -0.25) is 4.79 Å². The first-order valence-corrected chi connectivity index (χ1v) is 4.99. The van der Waals surface area contributed by atoms with Gasteiger partial charge in [-0.15, -0.1) is 0 Å². The Morgan fingerprint density at radius 2 is 1.29 bits per heavy atom. The molecule has 0 spiro atoms. The average Bonchev–Trinajstić information content (AvgIpc) is 2.06. The van der Waals surface area contributed by atoms with Crippen LogP contribution in [0.15, 0.2) is 22.4 Å². The normalized spacial score (nSPS) is 10.8. The van der Waals surface area contributed by atoms with Gasteiger partial charge in [0, 0.05) is 11.3 Å². The van der Waals surface area contributed by atoms with E-state index in [0.717, 1.165) is 11.1 Å². The lowest BCUT2D eigenvalue weighted by molar-refractivity contribution is -0.113. The molecule has 0 bridgehead atoms. The van der Waals surface area contributed by atoms with E-state index >= 15 is 0 Å². The lowest BCUT2D eigenvalue weighted by Crippen LogP contribution is -2.07. The van der Waals surface area contributed by atoms with Gasteiger partial charge in [-0.05, 0) is 40.2 Å². The van der Waals surface area contributed by atoms with Gasteiger partial charge in [-0.25, -0.2) is 0 Å². The maximum absolute atomic E-state index is 11.2. The Labute approximate surface area is 87.9 Å². The van der Waals surface area contributed by atoms with E-state index in [0.29, 0.717) is 11.3 Å². The molecule has 0 unspecified atom stereocenters. The summed E-state index contributed by atoms with van der Waals surface area (Å²) < 4.78 is 0. The number of hydrogen-bond donors (Lipinski definition) is 1. The topological polar surface area (TPSA) is 43.1 Å². The molecule has 0 saturated heterocycles. The van der Waals surface area contributed by atoms with Crippen LogP contribution in [0.1, 0.15) is 48.5 Å². The summed E-state index contributed by atoms with van der Waals surface area (Å²) in [6.45, 7) is 13.2. The van der Waals surface area contributed by atoms with E-state index in [-0.39, 0.29) is 5.78 Å². The molecular formula is C12H23NO. The van der Waals surface area contributed by atoms with Crippen molar-refractivity contribution >= 4 is 5.78 Å². The number of carbonyl (C=O) groups excluding carboxylic acids is 1. The van der Waals surface area contributed by atoms with Crippen LogP contribution < -0.4 is 5.73 Å². The summed E-state index contributed by atoms with van der Waals surface area (Å²) in [5, 5.41) is 0. The van der Waals surface area contributed by atoms with Gasteiger partial charge in [0.15, 0.2) is 5.78 Å². The number of nitrogens with two attached hydrogens (primary N) is 1. The van der Waals surface area contributed by atoms with Crippen LogP contribution in [-0.2, 0) is 4.79 Å². The van der Waals surface area contributed by atoms with Crippen LogP contribution in [0.4, 0.5) is 0 Å². The number of allylic oxidation sites excluding steroid dienone is 4. The van der Waals surface area contributed by atoms with Crippen molar-refractivity contribution in [3.63, 3.8) is 0 Å². The molecule has 0 aromatic heterocycles. The molecule has 2 nitrogen and oxygen atoms in total. The molecule has 0 saturated carbocycles. The van der Waals surface area contributed by atoms with Crippen LogP contribution in [-0.4, -0.2) is 5.78 Å². The number of hydrogen-bond acceptors (Lipinski definition) is 2. The smallest absolute Gasteiger partial charge is 0.161 e. The van der Waals surface area contributed by atoms with Crippen molar-refractivity contribution in [3.05, 3.63) is 22.4 Å². The average molecular weight is 197 g/mol. The van der Waals surface area contributed by atoms with Crippen molar-refractivity contribution in [1.82, 2.24) is 0 Å². The third-order valence-electron chi connectivity index (χ3n) is 1.87. The van der Waals surface area contributed by atoms with Crippen LogP contribution in [0.2, 0.25) is 0 Å². The van der Waals surface area contributed by atoms with Crippen molar-refractivity contribution < 1.29 is 4.79 Å². The van der Waals surface area contributed by atoms with Gasteiger partial charge in [-0.2, -0.15) is 0 Å². The van der Waals surface area contributed by atoms with Gasteiger partial charge >= 0.3 is 0 Å². The van der Waals surface area contributed by atoms with Gasteiger partial charge in [0.25, 0.3) is 0 Å². The third kappa shape index (κ3) is 4.85. The van der Waals surface area contributed by atoms with Crippen LogP contribution in [0.5, 0.6) is 0 Å². The summed E-state index contributed by atoms with van der Waals surface area (Å²) in [5.74, 6) is 0.0358. The molecule has 2 N–H and O–H groups in total. The molecule has 14 heavy (non-hydrogen) atoms. The standard InChI is InChI=1S/C10H17NO.C2H6/c1-6(2)7(3)10(8(4)11)9(5)12;1-2/h11H2,1-5H3;1-2H3/b10-8-;. The minimum Gasteiger partial charge on any atom is -0.402 e. The lowest BCUT2D eigenvalue weighted by Gasteiger charge is -2.08. The van der Waals surface area contributed by atoms with Crippen LogP contribution >= 0.6 is 0 Å². The highest BCUT2D eigenvalue weighted by molar-refractivity contribution is 5.98. The second-order valence-corrected chi connectivity index (χ2v) is 3.24. The Balaban J connectivity index is 0. The molecule has 0 amide bonds. The lowest BCUT2D eigenvalue weighted by atomic mass is 9.98. The summed E-state index contributed by atoms with van der Waals surface area (Å²) in [5.41, 5.74) is 8.98. The molecule has 0 atom stereocenters. The fraction of sp³-hybridized carbons (Fsp3) is 0.583. The summed E-state index contributed by atoms with van der Waals surface area (Å²) in [4.78, 5) is 11.2. The summed E-state index contributed by atoms with van der Waals surface area (Å²) in [7, 11) is 0. The SMILES string of the molecule is CC.CC(=O)/C(C(C)=C(C)C)=C(/C)N. The van der Waals surface area contributed by atoms with Gasteiger partial charge in [0.2, 0.25) is 0 Å². The van der Waals surface area contributed by atoms with E-state index in [4.69, 9.17) is 5.73 Å². The van der Waals surface area contributed by atoms with Crippen molar-refractivity contribution in [2.75, 3.05) is 0 Å². The zero-order valence-corrected chi connectivity index (χ0v) is 10.5. The molecule has 0 heterocycles. The quantitative estimate of drug-likeness (QED) is 0.545. The van der Waals surface area contributed by atoms with Gasteiger partial charge < -0.3 is 5.73 Å². The number of carbonyl (C=O) groups is 1. The Morgan fingerprint density at radius 3 is 1.36 bits per heavy atom. The maximum atomic E-state index is 11.2. The molecule has 0 aromatic rings. The Kier molecular flexibility index (Phi) is 8.11. The monoisotopic (exact) mass is 197 g/mol. The molecule has 2 heteroatoms. The minimum atomic E-state index is 0.0358. The molecular weight excluding hydrogens is 174 g/mol. The second-order valence-electron chi connectivity index (χ2n) is 3.24. The van der Waals surface area contributed by atoms with Crippen molar-refractivity contribution in [2.24, 2.45) is 5.73 Å². The van der Waals surface area contributed by atoms with Crippen molar-refractivity contribution in [1.29, 1.82) is 0 Å². The summed E-state index contributed by atoms with van der Waals surface area (Å²) >= 11 is 0. The van der Waals surface area contributed by atoms with E-state index in [1.165, 1.54) is 6.92 Å². The molecule has 0 aliphatic rings. The Hall–Kier alpha value is -1.05. The minimum absolute atomic E-state index is 0.0358. The predicted octanol–water partition coefficient (Wildman–Crippen LogP) is 3.19. The first-order valence-electron chi connectivity index (χ1n) is 4.99. The third-order valence-corrected chi connectivity index (χ3v) is 1.87. The zero-order valence-electron chi connectivity index (χ0n) is 10.5. The first-order chi connectivity index (χ1) is 6.37. The zero-order chi connectivity index (χ0) is 11.9. The van der Waals surface area contributed by atoms with E-state index < -0.39 is 0 Å². The van der Waals surface area contributed by atoms with Crippen LogP contribution in [0.25, 0.3) is 0 Å². The Morgan fingerprint density at radius 1 is 0.929 bits per heavy atom. The second kappa shape index (κ2) is 7.36.